The molecular formula is C16H13NO6. The molecule has 23 heavy (non-hydrogen) atoms. The molecule has 0 aliphatic carbocycles. The second kappa shape index (κ2) is 6.05. The zero-order valence-electron chi connectivity index (χ0n) is 11.9. The lowest BCUT2D eigenvalue weighted by Gasteiger charge is -2.14. The maximum absolute atomic E-state index is 10.9. The molecule has 3 atom stereocenters. The summed E-state index contributed by atoms with van der Waals surface area (Å²) in [5.74, 6) is 0. The largest absolute Gasteiger partial charge is 0.506 e. The van der Waals surface area contributed by atoms with Crippen molar-refractivity contribution >= 4 is 11.8 Å². The Morgan fingerprint density at radius 1 is 1.17 bits per heavy atom. The van der Waals surface area contributed by atoms with E-state index in [-0.39, 0.29) is 11.8 Å². The number of rotatable bonds is 5. The van der Waals surface area contributed by atoms with Gasteiger partial charge in [0.25, 0.3) is 5.69 Å². The molecule has 0 spiro atoms. The van der Waals surface area contributed by atoms with Gasteiger partial charge >= 0.3 is 6.16 Å². The van der Waals surface area contributed by atoms with Crippen molar-refractivity contribution < 1.29 is 24.3 Å². The van der Waals surface area contributed by atoms with Crippen LogP contribution in [0, 0.1) is 10.1 Å². The highest BCUT2D eigenvalue weighted by Gasteiger charge is 2.48. The predicted octanol–water partition coefficient (Wildman–Crippen LogP) is 3.47. The third-order valence-electron chi connectivity index (χ3n) is 3.61. The SMILES string of the molecule is O=C(O)OC(c1ccc([N+](=O)[O-])cc1)[C@H]1O[C@H]1c1ccccc1. The number of ether oxygens (including phenoxy) is 2. The first kappa shape index (κ1) is 15.0. The molecule has 2 aromatic carbocycles. The van der Waals surface area contributed by atoms with Crippen LogP contribution in [0.25, 0.3) is 0 Å². The van der Waals surface area contributed by atoms with Crippen LogP contribution in [0.4, 0.5) is 10.5 Å². The molecule has 3 rings (SSSR count). The molecule has 0 aromatic heterocycles. The van der Waals surface area contributed by atoms with Gasteiger partial charge in [0.1, 0.15) is 12.2 Å². The van der Waals surface area contributed by atoms with Gasteiger partial charge in [-0.05, 0) is 23.3 Å². The number of benzene rings is 2. The molecule has 1 saturated heterocycles. The normalized spacial score (nSPS) is 20.5. The molecule has 0 bridgehead atoms. The number of carboxylic acid groups (broad SMARTS) is 1. The highest BCUT2D eigenvalue weighted by atomic mass is 16.7. The summed E-state index contributed by atoms with van der Waals surface area (Å²) in [4.78, 5) is 21.1. The van der Waals surface area contributed by atoms with Crippen LogP contribution in [0.2, 0.25) is 0 Å². The fraction of sp³-hybridized carbons (Fsp3) is 0.188. The summed E-state index contributed by atoms with van der Waals surface area (Å²) in [6.07, 6.45) is -2.96. The van der Waals surface area contributed by atoms with Gasteiger partial charge in [-0.1, -0.05) is 30.3 Å². The van der Waals surface area contributed by atoms with Crippen molar-refractivity contribution in [3.05, 3.63) is 75.8 Å². The lowest BCUT2D eigenvalue weighted by atomic mass is 10.0. The quantitative estimate of drug-likeness (QED) is 0.392. The van der Waals surface area contributed by atoms with Gasteiger partial charge in [0.15, 0.2) is 6.10 Å². The van der Waals surface area contributed by atoms with Crippen molar-refractivity contribution in [2.75, 3.05) is 0 Å². The minimum atomic E-state index is -1.42. The molecule has 0 amide bonds. The third-order valence-corrected chi connectivity index (χ3v) is 3.61. The Morgan fingerprint density at radius 3 is 2.39 bits per heavy atom. The van der Waals surface area contributed by atoms with Gasteiger partial charge in [0.2, 0.25) is 0 Å². The molecule has 118 valence electrons. The molecule has 1 heterocycles. The van der Waals surface area contributed by atoms with E-state index in [0.717, 1.165) is 5.56 Å². The number of nitro groups is 1. The number of non-ortho nitro benzene ring substituents is 1. The van der Waals surface area contributed by atoms with Crippen molar-refractivity contribution in [3.63, 3.8) is 0 Å². The number of nitro benzene ring substituents is 1. The molecule has 1 aliphatic heterocycles. The Balaban J connectivity index is 1.82. The molecule has 1 fully saturated rings. The van der Waals surface area contributed by atoms with Crippen LogP contribution >= 0.6 is 0 Å². The van der Waals surface area contributed by atoms with E-state index in [1.165, 1.54) is 24.3 Å². The summed E-state index contributed by atoms with van der Waals surface area (Å²) in [5.41, 5.74) is 1.37. The zero-order valence-corrected chi connectivity index (χ0v) is 11.9. The third kappa shape index (κ3) is 3.29. The van der Waals surface area contributed by atoms with Crippen molar-refractivity contribution in [1.29, 1.82) is 0 Å². The highest BCUT2D eigenvalue weighted by Crippen LogP contribution is 2.47. The lowest BCUT2D eigenvalue weighted by Crippen LogP contribution is -2.15. The summed E-state index contributed by atoms with van der Waals surface area (Å²) in [6.45, 7) is 0. The van der Waals surface area contributed by atoms with E-state index in [4.69, 9.17) is 14.6 Å². The topological polar surface area (TPSA) is 102 Å². The molecule has 2 aromatic rings. The van der Waals surface area contributed by atoms with Crippen LogP contribution in [0.1, 0.15) is 23.3 Å². The number of hydrogen-bond acceptors (Lipinski definition) is 5. The van der Waals surface area contributed by atoms with Crippen molar-refractivity contribution in [2.24, 2.45) is 0 Å². The number of hydrogen-bond donors (Lipinski definition) is 1. The standard InChI is InChI=1S/C16H13NO6/c18-16(19)23-14(11-6-8-12(9-7-11)17(20)21)15-13(22-15)10-4-2-1-3-5-10/h1-9,13-15H,(H,18,19)/t13-,14?,15-/m0/s1. The minimum Gasteiger partial charge on any atom is -0.450 e. The van der Waals surface area contributed by atoms with E-state index in [2.05, 4.69) is 0 Å². The van der Waals surface area contributed by atoms with E-state index >= 15 is 0 Å². The highest BCUT2D eigenvalue weighted by molar-refractivity contribution is 5.57. The monoisotopic (exact) mass is 315 g/mol. The van der Waals surface area contributed by atoms with Crippen molar-refractivity contribution in [3.8, 4) is 0 Å². The first-order chi connectivity index (χ1) is 11.1. The summed E-state index contributed by atoms with van der Waals surface area (Å²) in [7, 11) is 0. The number of nitrogens with zero attached hydrogens (tertiary/aromatic N) is 1. The van der Waals surface area contributed by atoms with Gasteiger partial charge in [-0.2, -0.15) is 0 Å². The van der Waals surface area contributed by atoms with Gasteiger partial charge in [-0.25, -0.2) is 4.79 Å². The average molecular weight is 315 g/mol. The molecule has 7 heteroatoms. The molecular weight excluding hydrogens is 302 g/mol. The van der Waals surface area contributed by atoms with Gasteiger partial charge in [-0.3, -0.25) is 10.1 Å². The maximum atomic E-state index is 10.9. The van der Waals surface area contributed by atoms with Gasteiger partial charge in [0, 0.05) is 12.1 Å². The predicted molar refractivity (Wildman–Crippen MR) is 79.0 cm³/mol. The van der Waals surface area contributed by atoms with Crippen molar-refractivity contribution in [2.45, 2.75) is 18.3 Å². The zero-order chi connectivity index (χ0) is 16.4. The molecule has 1 unspecified atom stereocenters. The van der Waals surface area contributed by atoms with Gasteiger partial charge in [-0.15, -0.1) is 0 Å². The Kier molecular flexibility index (Phi) is 3.94. The van der Waals surface area contributed by atoms with Crippen LogP contribution in [-0.4, -0.2) is 22.3 Å². The Hall–Kier alpha value is -2.93. The van der Waals surface area contributed by atoms with E-state index in [9.17, 15) is 14.9 Å². The van der Waals surface area contributed by atoms with Crippen LogP contribution < -0.4 is 0 Å². The van der Waals surface area contributed by atoms with E-state index in [0.29, 0.717) is 5.56 Å². The summed E-state index contributed by atoms with van der Waals surface area (Å²) in [5, 5.41) is 19.6. The van der Waals surface area contributed by atoms with Crippen LogP contribution in [0.3, 0.4) is 0 Å². The average Bonchev–Trinajstić information content (AvgIpc) is 3.34. The van der Waals surface area contributed by atoms with E-state index in [1.807, 2.05) is 30.3 Å². The second-order valence-corrected chi connectivity index (χ2v) is 5.08. The summed E-state index contributed by atoms with van der Waals surface area (Å²) in [6, 6.07) is 15.0. The molecule has 0 saturated carbocycles. The van der Waals surface area contributed by atoms with Crippen LogP contribution in [0.15, 0.2) is 54.6 Å². The van der Waals surface area contributed by atoms with E-state index in [1.54, 1.807) is 0 Å². The lowest BCUT2D eigenvalue weighted by molar-refractivity contribution is -0.384. The number of epoxide rings is 1. The molecule has 1 N–H and O–H groups in total. The fourth-order valence-corrected chi connectivity index (χ4v) is 2.48. The first-order valence-electron chi connectivity index (χ1n) is 6.90. The van der Waals surface area contributed by atoms with Crippen molar-refractivity contribution in [1.82, 2.24) is 0 Å². The Morgan fingerprint density at radius 2 is 1.83 bits per heavy atom. The number of carbonyl (C=O) groups is 1. The maximum Gasteiger partial charge on any atom is 0.506 e. The smallest absolute Gasteiger partial charge is 0.450 e. The summed E-state index contributed by atoms with van der Waals surface area (Å²) < 4.78 is 10.5. The van der Waals surface area contributed by atoms with Gasteiger partial charge in [0.05, 0.1) is 4.92 Å². The molecule has 0 radical (unpaired) electrons. The Bertz CT molecular complexity index is 715. The molecule has 7 nitrogen and oxygen atoms in total. The Labute approximate surface area is 131 Å². The van der Waals surface area contributed by atoms with Gasteiger partial charge < -0.3 is 14.6 Å². The fourth-order valence-electron chi connectivity index (χ4n) is 2.48. The minimum absolute atomic E-state index is 0.0702. The first-order valence-corrected chi connectivity index (χ1v) is 6.90. The van der Waals surface area contributed by atoms with Crippen LogP contribution in [-0.2, 0) is 9.47 Å². The summed E-state index contributed by atoms with van der Waals surface area (Å²) >= 11 is 0. The van der Waals surface area contributed by atoms with E-state index < -0.39 is 23.3 Å². The van der Waals surface area contributed by atoms with Crippen LogP contribution in [0.5, 0.6) is 0 Å². The molecule has 1 aliphatic rings. The second-order valence-electron chi connectivity index (χ2n) is 5.08.